The molecule has 2 aliphatic rings. The number of hydrogen-bond acceptors (Lipinski definition) is 3. The minimum atomic E-state index is 0. The maximum Gasteiger partial charge on any atom is 0.0110 e. The molecule has 4 heteroatoms. The molecule has 108 valence electrons. The van der Waals surface area contributed by atoms with Crippen LogP contribution >= 0.6 is 12.4 Å². The van der Waals surface area contributed by atoms with Crippen LogP contribution in [0.25, 0.3) is 0 Å². The molecule has 1 atom stereocenters. The highest BCUT2D eigenvalue weighted by atomic mass is 35.5. The van der Waals surface area contributed by atoms with Gasteiger partial charge >= 0.3 is 0 Å². The van der Waals surface area contributed by atoms with E-state index in [0.29, 0.717) is 5.41 Å². The molecule has 0 aromatic heterocycles. The van der Waals surface area contributed by atoms with Crippen LogP contribution in [0.5, 0.6) is 0 Å². The number of piperazine rings is 1. The molecule has 2 rings (SSSR count). The maximum absolute atomic E-state index is 3.50. The van der Waals surface area contributed by atoms with Crippen LogP contribution in [-0.4, -0.2) is 62.2 Å². The molecule has 3 nitrogen and oxygen atoms in total. The molecule has 0 radical (unpaired) electrons. The molecule has 18 heavy (non-hydrogen) atoms. The summed E-state index contributed by atoms with van der Waals surface area (Å²) in [5, 5.41) is 3.50. The average Bonchev–Trinajstić information content (AvgIpc) is 2.67. The zero-order valence-corrected chi connectivity index (χ0v) is 13.1. The Balaban J connectivity index is 0.00000162. The quantitative estimate of drug-likeness (QED) is 0.842. The highest BCUT2D eigenvalue weighted by Gasteiger charge is 2.31. The largest absolute Gasteiger partial charge is 0.316 e. The molecule has 0 saturated carbocycles. The van der Waals surface area contributed by atoms with Crippen LogP contribution in [0.3, 0.4) is 0 Å². The van der Waals surface area contributed by atoms with Crippen LogP contribution in [-0.2, 0) is 0 Å². The monoisotopic (exact) mass is 275 g/mol. The summed E-state index contributed by atoms with van der Waals surface area (Å²) < 4.78 is 0. The van der Waals surface area contributed by atoms with Crippen LogP contribution in [0.2, 0.25) is 0 Å². The Morgan fingerprint density at radius 1 is 1.11 bits per heavy atom. The van der Waals surface area contributed by atoms with Gasteiger partial charge in [0.1, 0.15) is 0 Å². The van der Waals surface area contributed by atoms with Crippen molar-refractivity contribution in [1.29, 1.82) is 0 Å². The number of rotatable bonds is 4. The van der Waals surface area contributed by atoms with Crippen LogP contribution in [0.15, 0.2) is 0 Å². The highest BCUT2D eigenvalue weighted by molar-refractivity contribution is 5.85. The van der Waals surface area contributed by atoms with Crippen molar-refractivity contribution in [3.05, 3.63) is 0 Å². The predicted octanol–water partition coefficient (Wildman–Crippen LogP) is 1.68. The van der Waals surface area contributed by atoms with E-state index in [1.54, 1.807) is 0 Å². The lowest BCUT2D eigenvalue weighted by molar-refractivity contribution is 0.0907. The van der Waals surface area contributed by atoms with Gasteiger partial charge in [0, 0.05) is 45.8 Å². The van der Waals surface area contributed by atoms with Crippen molar-refractivity contribution in [1.82, 2.24) is 15.1 Å². The van der Waals surface area contributed by atoms with Gasteiger partial charge in [0.05, 0.1) is 0 Å². The average molecular weight is 276 g/mol. The van der Waals surface area contributed by atoms with Gasteiger partial charge in [-0.15, -0.1) is 12.4 Å². The summed E-state index contributed by atoms with van der Waals surface area (Å²) in [4.78, 5) is 5.29. The van der Waals surface area contributed by atoms with Crippen molar-refractivity contribution < 1.29 is 0 Å². The van der Waals surface area contributed by atoms with E-state index in [-0.39, 0.29) is 12.4 Å². The van der Waals surface area contributed by atoms with E-state index in [1.165, 1.54) is 58.8 Å². The molecular formula is C14H30ClN3. The van der Waals surface area contributed by atoms with E-state index in [0.717, 1.165) is 5.92 Å². The van der Waals surface area contributed by atoms with Crippen molar-refractivity contribution in [2.24, 2.45) is 11.3 Å². The predicted molar refractivity (Wildman–Crippen MR) is 80.6 cm³/mol. The van der Waals surface area contributed by atoms with Gasteiger partial charge in [0.15, 0.2) is 0 Å². The van der Waals surface area contributed by atoms with Gasteiger partial charge in [-0.05, 0) is 24.3 Å². The molecule has 0 aromatic rings. The zero-order valence-electron chi connectivity index (χ0n) is 12.2. The first-order valence-electron chi connectivity index (χ1n) is 7.23. The Morgan fingerprint density at radius 2 is 1.72 bits per heavy atom. The smallest absolute Gasteiger partial charge is 0.0110 e. The van der Waals surface area contributed by atoms with Crippen molar-refractivity contribution in [3.8, 4) is 0 Å². The summed E-state index contributed by atoms with van der Waals surface area (Å²) in [5.74, 6) is 0.804. The summed E-state index contributed by atoms with van der Waals surface area (Å²) in [5.41, 5.74) is 0.528. The Kier molecular flexibility index (Phi) is 6.39. The Morgan fingerprint density at radius 3 is 2.22 bits per heavy atom. The first-order valence-corrected chi connectivity index (χ1v) is 7.23. The van der Waals surface area contributed by atoms with E-state index in [4.69, 9.17) is 0 Å². The van der Waals surface area contributed by atoms with Gasteiger partial charge in [-0.25, -0.2) is 0 Å². The van der Waals surface area contributed by atoms with Gasteiger partial charge < -0.3 is 15.1 Å². The third kappa shape index (κ3) is 4.69. The molecule has 0 spiro atoms. The summed E-state index contributed by atoms with van der Waals surface area (Å²) >= 11 is 0. The molecule has 1 N–H and O–H groups in total. The van der Waals surface area contributed by atoms with Crippen LogP contribution in [0.1, 0.15) is 27.2 Å². The minimum Gasteiger partial charge on any atom is -0.316 e. The van der Waals surface area contributed by atoms with Crippen LogP contribution in [0.4, 0.5) is 0 Å². The summed E-state index contributed by atoms with van der Waals surface area (Å²) in [7, 11) is 0. The minimum absolute atomic E-state index is 0. The molecule has 2 saturated heterocycles. The van der Waals surface area contributed by atoms with E-state index in [2.05, 4.69) is 35.9 Å². The van der Waals surface area contributed by atoms with Crippen molar-refractivity contribution >= 4 is 12.4 Å². The Hall–Kier alpha value is 0.170. The molecular weight excluding hydrogens is 246 g/mol. The van der Waals surface area contributed by atoms with Crippen molar-refractivity contribution in [3.63, 3.8) is 0 Å². The molecule has 2 heterocycles. The normalized spacial score (nSPS) is 30.7. The van der Waals surface area contributed by atoms with Crippen LogP contribution in [0, 0.1) is 11.3 Å². The Bertz CT molecular complexity index is 231. The van der Waals surface area contributed by atoms with Gasteiger partial charge in [-0.3, -0.25) is 0 Å². The second-order valence-electron chi connectivity index (χ2n) is 6.71. The fourth-order valence-electron chi connectivity index (χ4n) is 3.19. The number of nitrogens with zero attached hydrogens (tertiary/aromatic N) is 2. The summed E-state index contributed by atoms with van der Waals surface area (Å²) in [6.45, 7) is 17.1. The first-order chi connectivity index (χ1) is 8.07. The van der Waals surface area contributed by atoms with E-state index in [9.17, 15) is 0 Å². The lowest BCUT2D eigenvalue weighted by atomic mass is 9.89. The standard InChI is InChI=1S/C14H29N3.ClH/c1-13(2)10-16-6-8-17(9-7-16)12-14(3)4-5-15-11-14;/h13,15H,4-12H2,1-3H3;1H. The van der Waals surface area contributed by atoms with E-state index >= 15 is 0 Å². The lowest BCUT2D eigenvalue weighted by Gasteiger charge is -2.39. The molecule has 0 aliphatic carbocycles. The second-order valence-corrected chi connectivity index (χ2v) is 6.71. The molecule has 0 aromatic carbocycles. The number of halogens is 1. The lowest BCUT2D eigenvalue weighted by Crippen LogP contribution is -2.50. The van der Waals surface area contributed by atoms with Crippen molar-refractivity contribution in [2.75, 3.05) is 52.4 Å². The van der Waals surface area contributed by atoms with Crippen molar-refractivity contribution in [2.45, 2.75) is 27.2 Å². The molecule has 2 aliphatic heterocycles. The summed E-state index contributed by atoms with van der Waals surface area (Å²) in [6, 6.07) is 0. The van der Waals surface area contributed by atoms with E-state index in [1.807, 2.05) is 0 Å². The highest BCUT2D eigenvalue weighted by Crippen LogP contribution is 2.26. The summed E-state index contributed by atoms with van der Waals surface area (Å²) in [6.07, 6.45) is 1.35. The van der Waals surface area contributed by atoms with Gasteiger partial charge in [0.25, 0.3) is 0 Å². The zero-order chi connectivity index (χ0) is 12.3. The molecule has 0 bridgehead atoms. The Labute approximate surface area is 119 Å². The molecule has 1 unspecified atom stereocenters. The number of hydrogen-bond donors (Lipinski definition) is 1. The maximum atomic E-state index is 3.50. The third-order valence-corrected chi connectivity index (χ3v) is 4.15. The van der Waals surface area contributed by atoms with Gasteiger partial charge in [-0.1, -0.05) is 20.8 Å². The number of nitrogens with one attached hydrogen (secondary N) is 1. The topological polar surface area (TPSA) is 18.5 Å². The fraction of sp³-hybridized carbons (Fsp3) is 1.00. The SMILES string of the molecule is CC(C)CN1CCN(CC2(C)CCNC2)CC1.Cl. The van der Waals surface area contributed by atoms with Gasteiger partial charge in [0.2, 0.25) is 0 Å². The molecule has 0 amide bonds. The second kappa shape index (κ2) is 7.09. The molecule has 2 fully saturated rings. The first kappa shape index (κ1) is 16.2. The third-order valence-electron chi connectivity index (χ3n) is 4.15. The fourth-order valence-corrected chi connectivity index (χ4v) is 3.19. The van der Waals surface area contributed by atoms with Crippen LogP contribution < -0.4 is 5.32 Å². The van der Waals surface area contributed by atoms with Gasteiger partial charge in [-0.2, -0.15) is 0 Å². The van der Waals surface area contributed by atoms with E-state index < -0.39 is 0 Å².